The largest absolute Gasteiger partial charge is 0.393 e. The lowest BCUT2D eigenvalue weighted by Crippen LogP contribution is -2.43. The number of aliphatic hydroxyl groups excluding tert-OH is 2. The van der Waals surface area contributed by atoms with E-state index in [1.165, 1.54) is 63.9 Å². The Morgan fingerprint density at radius 3 is 2.55 bits per heavy atom. The molecule has 2 unspecified atom stereocenters. The summed E-state index contributed by atoms with van der Waals surface area (Å²) in [7, 11) is 0. The smallest absolute Gasteiger partial charge is 0.131 e. The fourth-order valence-electron chi connectivity index (χ4n) is 4.31. The van der Waals surface area contributed by atoms with Crippen molar-refractivity contribution in [2.24, 2.45) is 17.8 Å². The molecule has 0 amide bonds. The zero-order valence-electron chi connectivity index (χ0n) is 18.9. The minimum absolute atomic E-state index is 0.420. The van der Waals surface area contributed by atoms with E-state index in [1.807, 2.05) is 0 Å². The molecule has 3 nitrogen and oxygen atoms in total. The van der Waals surface area contributed by atoms with E-state index in [0.717, 1.165) is 12.3 Å². The van der Waals surface area contributed by atoms with Gasteiger partial charge < -0.3 is 15.3 Å². The molecule has 0 radical (unpaired) electrons. The van der Waals surface area contributed by atoms with Crippen molar-refractivity contribution in [3.8, 4) is 0 Å². The summed E-state index contributed by atoms with van der Waals surface area (Å²) in [6.45, 7) is 7.60. The van der Waals surface area contributed by atoms with Gasteiger partial charge in [-0.1, -0.05) is 82.8 Å². The average molecular weight is 407 g/mol. The van der Waals surface area contributed by atoms with Crippen LogP contribution in [0.4, 0.5) is 0 Å². The van der Waals surface area contributed by atoms with E-state index in [0.29, 0.717) is 24.7 Å². The molecule has 5 atom stereocenters. The van der Waals surface area contributed by atoms with E-state index in [1.54, 1.807) is 0 Å². The minimum atomic E-state index is -1.60. The van der Waals surface area contributed by atoms with Gasteiger partial charge in [-0.15, -0.1) is 6.58 Å². The molecule has 1 saturated carbocycles. The number of aliphatic hydroxyl groups is 3. The Hall–Kier alpha value is -0.900. The Labute approximate surface area is 179 Å². The van der Waals surface area contributed by atoms with E-state index in [4.69, 9.17) is 0 Å². The lowest BCUT2D eigenvalue weighted by atomic mass is 9.90. The first-order chi connectivity index (χ1) is 14.0. The third-order valence-corrected chi connectivity index (χ3v) is 6.56. The molecule has 3 heteroatoms. The van der Waals surface area contributed by atoms with Crippen molar-refractivity contribution in [1.82, 2.24) is 0 Å². The van der Waals surface area contributed by atoms with Crippen molar-refractivity contribution in [3.63, 3.8) is 0 Å². The van der Waals surface area contributed by atoms with Crippen LogP contribution in [0, 0.1) is 17.8 Å². The highest BCUT2D eigenvalue weighted by atomic mass is 16.4. The topological polar surface area (TPSA) is 60.7 Å². The van der Waals surface area contributed by atoms with Crippen molar-refractivity contribution < 1.29 is 15.3 Å². The molecule has 0 heterocycles. The molecule has 1 aliphatic rings. The van der Waals surface area contributed by atoms with Crippen LogP contribution < -0.4 is 0 Å². The van der Waals surface area contributed by atoms with Crippen LogP contribution in [0.5, 0.6) is 0 Å². The predicted molar refractivity (Wildman–Crippen MR) is 124 cm³/mol. The van der Waals surface area contributed by atoms with Crippen molar-refractivity contribution in [2.45, 2.75) is 103 Å². The number of hydrogen-bond acceptors (Lipinski definition) is 3. The Morgan fingerprint density at radius 1 is 1.10 bits per heavy atom. The van der Waals surface area contributed by atoms with Gasteiger partial charge >= 0.3 is 0 Å². The van der Waals surface area contributed by atoms with Crippen molar-refractivity contribution in [3.05, 3.63) is 37.0 Å². The Bertz CT molecular complexity index is 484. The molecule has 3 N–H and O–H groups in total. The Kier molecular flexibility index (Phi) is 13.5. The normalized spacial score (nSPS) is 24.2. The summed E-state index contributed by atoms with van der Waals surface area (Å²) in [5, 5.41) is 29.2. The first-order valence-corrected chi connectivity index (χ1v) is 11.9. The summed E-state index contributed by atoms with van der Waals surface area (Å²) in [5.74, 6) is 2.12. The number of rotatable bonds is 16. The van der Waals surface area contributed by atoms with E-state index in [2.05, 4.69) is 44.7 Å². The highest BCUT2D eigenvalue weighted by molar-refractivity contribution is 5.02. The van der Waals surface area contributed by atoms with Gasteiger partial charge in [-0.05, 0) is 56.3 Å². The van der Waals surface area contributed by atoms with E-state index < -0.39 is 18.3 Å². The molecule has 168 valence electrons. The highest BCUT2D eigenvalue weighted by Crippen LogP contribution is 2.35. The molecule has 0 bridgehead atoms. The summed E-state index contributed by atoms with van der Waals surface area (Å²) in [6, 6.07) is 0. The second-order valence-electron chi connectivity index (χ2n) is 9.07. The maximum Gasteiger partial charge on any atom is 0.131 e. The lowest BCUT2D eigenvalue weighted by Gasteiger charge is -2.27. The Morgan fingerprint density at radius 2 is 1.86 bits per heavy atom. The van der Waals surface area contributed by atoms with Crippen LogP contribution in [0.25, 0.3) is 0 Å². The van der Waals surface area contributed by atoms with Crippen LogP contribution >= 0.6 is 0 Å². The molecular weight excluding hydrogens is 360 g/mol. The molecule has 1 aliphatic carbocycles. The van der Waals surface area contributed by atoms with Gasteiger partial charge in [0, 0.05) is 0 Å². The zero-order chi connectivity index (χ0) is 21.5. The third-order valence-electron chi connectivity index (χ3n) is 6.56. The molecule has 0 aromatic rings. The van der Waals surface area contributed by atoms with Gasteiger partial charge in [0.25, 0.3) is 0 Å². The predicted octanol–water partition coefficient (Wildman–Crippen LogP) is 5.95. The van der Waals surface area contributed by atoms with Crippen molar-refractivity contribution in [1.29, 1.82) is 0 Å². The average Bonchev–Trinajstić information content (AvgIpc) is 3.18. The first-order valence-electron chi connectivity index (χ1n) is 11.9. The maximum absolute atomic E-state index is 10.0. The SMILES string of the molecule is C=CC(O)(CO)C(O)CC/C=C\C[C@H]1CCC[C@@H]1/C=C/[C@H](C)CCCCCCC. The summed E-state index contributed by atoms with van der Waals surface area (Å²) < 4.78 is 0. The van der Waals surface area contributed by atoms with Gasteiger partial charge in [-0.25, -0.2) is 0 Å². The van der Waals surface area contributed by atoms with Gasteiger partial charge in [-0.3, -0.25) is 0 Å². The second kappa shape index (κ2) is 15.0. The fraction of sp³-hybridized carbons (Fsp3) is 0.769. The quantitative estimate of drug-likeness (QED) is 0.219. The van der Waals surface area contributed by atoms with Crippen molar-refractivity contribution >= 4 is 0 Å². The van der Waals surface area contributed by atoms with Crippen LogP contribution in [-0.4, -0.2) is 33.6 Å². The molecule has 0 aliphatic heterocycles. The Balaban J connectivity index is 2.30. The van der Waals surface area contributed by atoms with E-state index in [9.17, 15) is 15.3 Å². The molecular formula is C26H46O3. The molecule has 0 aromatic heterocycles. The summed E-state index contributed by atoms with van der Waals surface area (Å²) in [4.78, 5) is 0. The fourth-order valence-corrected chi connectivity index (χ4v) is 4.31. The first kappa shape index (κ1) is 26.1. The summed E-state index contributed by atoms with van der Waals surface area (Å²) in [6.07, 6.45) is 23.7. The molecule has 0 spiro atoms. The molecule has 1 rings (SSSR count). The molecule has 29 heavy (non-hydrogen) atoms. The van der Waals surface area contributed by atoms with Gasteiger partial charge in [0.2, 0.25) is 0 Å². The maximum atomic E-state index is 10.0. The van der Waals surface area contributed by atoms with Crippen LogP contribution in [-0.2, 0) is 0 Å². The van der Waals surface area contributed by atoms with Crippen LogP contribution in [0.15, 0.2) is 37.0 Å². The van der Waals surface area contributed by atoms with Gasteiger partial charge in [0.15, 0.2) is 0 Å². The van der Waals surface area contributed by atoms with Crippen LogP contribution in [0.1, 0.15) is 90.9 Å². The van der Waals surface area contributed by atoms with Gasteiger partial charge in [0.05, 0.1) is 12.7 Å². The highest BCUT2D eigenvalue weighted by Gasteiger charge is 2.30. The van der Waals surface area contributed by atoms with Gasteiger partial charge in [-0.2, -0.15) is 0 Å². The number of unbranched alkanes of at least 4 members (excludes halogenated alkanes) is 4. The third kappa shape index (κ3) is 10.1. The molecule has 1 fully saturated rings. The molecule has 0 saturated heterocycles. The summed E-state index contributed by atoms with van der Waals surface area (Å²) in [5.41, 5.74) is -1.60. The minimum Gasteiger partial charge on any atom is -0.393 e. The van der Waals surface area contributed by atoms with Crippen LogP contribution in [0.3, 0.4) is 0 Å². The summed E-state index contributed by atoms with van der Waals surface area (Å²) >= 11 is 0. The van der Waals surface area contributed by atoms with Gasteiger partial charge in [0.1, 0.15) is 5.60 Å². The lowest BCUT2D eigenvalue weighted by molar-refractivity contribution is -0.0731. The standard InChI is InChI=1S/C26H46O3/c1-4-6-7-8-10-14-22(3)19-20-24-17-13-16-23(24)15-11-9-12-18-25(28)26(29,5-2)21-27/h5,9,11,19-20,22-25,27-29H,2,4,6-8,10,12-18,21H2,1,3H3/b11-9-,20-19+/t22-,23+,24-,25?,26?/m1/s1. The molecule has 0 aromatic carbocycles. The second-order valence-corrected chi connectivity index (χ2v) is 9.07. The van der Waals surface area contributed by atoms with Crippen molar-refractivity contribution in [2.75, 3.05) is 6.61 Å². The van der Waals surface area contributed by atoms with E-state index in [-0.39, 0.29) is 0 Å². The monoisotopic (exact) mass is 406 g/mol. The van der Waals surface area contributed by atoms with E-state index >= 15 is 0 Å². The number of hydrogen-bond donors (Lipinski definition) is 3. The van der Waals surface area contributed by atoms with Crippen LogP contribution in [0.2, 0.25) is 0 Å². The number of allylic oxidation sites excluding steroid dienone is 4. The zero-order valence-corrected chi connectivity index (χ0v) is 18.9.